The SMILES string of the molecule is [C-]#[N+]c1cccc2c1oc1cc(-c3cccc[n+]3C)c(C)cc12. The molecular weight excluding hydrogens is 284 g/mol. The number of para-hydroxylation sites is 1. The summed E-state index contributed by atoms with van der Waals surface area (Å²) in [5.74, 6) is 0. The van der Waals surface area contributed by atoms with Gasteiger partial charge in [-0.05, 0) is 30.7 Å². The van der Waals surface area contributed by atoms with Crippen molar-refractivity contribution in [1.82, 2.24) is 0 Å². The predicted molar refractivity (Wildman–Crippen MR) is 91.3 cm³/mol. The number of pyridine rings is 1. The Morgan fingerprint density at radius 2 is 1.91 bits per heavy atom. The molecule has 3 heteroatoms. The van der Waals surface area contributed by atoms with E-state index in [-0.39, 0.29) is 0 Å². The largest absolute Gasteiger partial charge is 0.467 e. The molecule has 0 aliphatic heterocycles. The molecule has 0 fully saturated rings. The highest BCUT2D eigenvalue weighted by Crippen LogP contribution is 2.37. The number of nitrogens with zero attached hydrogens (tertiary/aromatic N) is 2. The van der Waals surface area contributed by atoms with Crippen molar-refractivity contribution >= 4 is 27.6 Å². The maximum absolute atomic E-state index is 7.31. The summed E-state index contributed by atoms with van der Waals surface area (Å²) in [4.78, 5) is 3.56. The summed E-state index contributed by atoms with van der Waals surface area (Å²) in [5, 5.41) is 2.06. The van der Waals surface area contributed by atoms with Crippen LogP contribution in [-0.4, -0.2) is 0 Å². The molecule has 0 saturated carbocycles. The van der Waals surface area contributed by atoms with Crippen molar-refractivity contribution in [3.05, 3.63) is 71.7 Å². The Hall–Kier alpha value is -3.12. The molecule has 0 aliphatic rings. The van der Waals surface area contributed by atoms with Gasteiger partial charge < -0.3 is 4.42 Å². The summed E-state index contributed by atoms with van der Waals surface area (Å²) >= 11 is 0. The second kappa shape index (κ2) is 4.96. The van der Waals surface area contributed by atoms with E-state index >= 15 is 0 Å². The van der Waals surface area contributed by atoms with Gasteiger partial charge in [0.05, 0.1) is 12.1 Å². The van der Waals surface area contributed by atoms with Crippen molar-refractivity contribution in [2.45, 2.75) is 6.92 Å². The summed E-state index contributed by atoms with van der Waals surface area (Å²) in [6, 6.07) is 16.1. The maximum atomic E-state index is 7.31. The Labute approximate surface area is 134 Å². The molecule has 110 valence electrons. The van der Waals surface area contributed by atoms with E-state index in [1.54, 1.807) is 6.07 Å². The zero-order chi connectivity index (χ0) is 16.0. The fourth-order valence-electron chi connectivity index (χ4n) is 3.10. The Balaban J connectivity index is 2.07. The minimum absolute atomic E-state index is 0.558. The molecule has 0 bridgehead atoms. The van der Waals surface area contributed by atoms with E-state index < -0.39 is 0 Å². The molecule has 0 amide bonds. The van der Waals surface area contributed by atoms with E-state index in [0.29, 0.717) is 11.3 Å². The molecule has 0 unspecified atom stereocenters. The van der Waals surface area contributed by atoms with Crippen LogP contribution in [0.2, 0.25) is 0 Å². The van der Waals surface area contributed by atoms with E-state index in [2.05, 4.69) is 34.5 Å². The van der Waals surface area contributed by atoms with Gasteiger partial charge >= 0.3 is 0 Å². The molecule has 23 heavy (non-hydrogen) atoms. The topological polar surface area (TPSA) is 21.4 Å². The molecule has 0 aliphatic carbocycles. The normalized spacial score (nSPS) is 11.0. The minimum atomic E-state index is 0.558. The molecule has 2 heterocycles. The summed E-state index contributed by atoms with van der Waals surface area (Å²) in [7, 11) is 2.04. The molecule has 0 spiro atoms. The fraction of sp³-hybridized carbons (Fsp3) is 0.100. The second-order valence-electron chi connectivity index (χ2n) is 5.73. The molecule has 2 aromatic carbocycles. The Bertz CT molecular complexity index is 1100. The van der Waals surface area contributed by atoms with Gasteiger partial charge in [-0.1, -0.05) is 18.2 Å². The highest BCUT2D eigenvalue weighted by molar-refractivity contribution is 6.10. The van der Waals surface area contributed by atoms with Crippen LogP contribution >= 0.6 is 0 Å². The minimum Gasteiger partial charge on any atom is -0.467 e. The summed E-state index contributed by atoms with van der Waals surface area (Å²) < 4.78 is 8.11. The van der Waals surface area contributed by atoms with Crippen LogP contribution in [0.5, 0.6) is 0 Å². The Morgan fingerprint density at radius 1 is 1.04 bits per heavy atom. The van der Waals surface area contributed by atoms with Crippen LogP contribution in [0.15, 0.2) is 59.1 Å². The van der Waals surface area contributed by atoms with Crippen molar-refractivity contribution in [2.75, 3.05) is 0 Å². The third-order valence-electron chi connectivity index (χ3n) is 4.27. The van der Waals surface area contributed by atoms with Gasteiger partial charge in [-0.3, -0.25) is 0 Å². The predicted octanol–water partition coefficient (Wildman–Crippen LogP) is 4.94. The van der Waals surface area contributed by atoms with Crippen LogP contribution in [0, 0.1) is 13.5 Å². The van der Waals surface area contributed by atoms with Crippen molar-refractivity contribution < 1.29 is 8.98 Å². The van der Waals surface area contributed by atoms with Crippen molar-refractivity contribution in [3.8, 4) is 11.3 Å². The first-order chi connectivity index (χ1) is 11.2. The summed E-state index contributed by atoms with van der Waals surface area (Å²) in [6.45, 7) is 9.42. The number of hydrogen-bond acceptors (Lipinski definition) is 1. The second-order valence-corrected chi connectivity index (χ2v) is 5.73. The highest BCUT2D eigenvalue weighted by Gasteiger charge is 2.16. The third-order valence-corrected chi connectivity index (χ3v) is 4.27. The third kappa shape index (κ3) is 2.00. The van der Waals surface area contributed by atoms with Gasteiger partial charge in [-0.2, -0.15) is 0 Å². The van der Waals surface area contributed by atoms with Crippen molar-refractivity contribution in [3.63, 3.8) is 0 Å². The number of fused-ring (bicyclic) bond motifs is 3. The monoisotopic (exact) mass is 299 g/mol. The first-order valence-corrected chi connectivity index (χ1v) is 7.47. The van der Waals surface area contributed by atoms with Crippen molar-refractivity contribution in [1.29, 1.82) is 0 Å². The summed E-state index contributed by atoms with van der Waals surface area (Å²) in [6.07, 6.45) is 2.04. The maximum Gasteiger partial charge on any atom is 0.229 e. The lowest BCUT2D eigenvalue weighted by Gasteiger charge is -2.04. The van der Waals surface area contributed by atoms with Gasteiger partial charge in [-0.25, -0.2) is 9.41 Å². The van der Waals surface area contributed by atoms with Crippen molar-refractivity contribution in [2.24, 2.45) is 7.05 Å². The number of benzene rings is 2. The van der Waals surface area contributed by atoms with Gasteiger partial charge in [0.25, 0.3) is 0 Å². The lowest BCUT2D eigenvalue weighted by molar-refractivity contribution is -0.660. The Kier molecular flexibility index (Phi) is 2.92. The standard InChI is InChI=1S/C20H15N2O/c1-13-11-16-14-7-6-8-17(21-2)20(14)23-19(16)12-15(13)18-9-4-5-10-22(18)3/h4-12H,1,3H3/q+1. The van der Waals surface area contributed by atoms with Gasteiger partial charge in [0.1, 0.15) is 18.2 Å². The van der Waals surface area contributed by atoms with Crippen LogP contribution in [0.1, 0.15) is 5.56 Å². The van der Waals surface area contributed by atoms with E-state index in [1.165, 1.54) is 5.56 Å². The van der Waals surface area contributed by atoms with Gasteiger partial charge in [0.2, 0.25) is 11.4 Å². The van der Waals surface area contributed by atoms with Gasteiger partial charge in [0.15, 0.2) is 6.20 Å². The molecule has 0 N–H and O–H groups in total. The molecule has 0 saturated heterocycles. The molecule has 4 aromatic rings. The molecule has 3 nitrogen and oxygen atoms in total. The van der Waals surface area contributed by atoms with E-state index in [9.17, 15) is 0 Å². The summed E-state index contributed by atoms with van der Waals surface area (Å²) in [5.41, 5.74) is 5.52. The molecule has 0 radical (unpaired) electrons. The first kappa shape index (κ1) is 13.5. The number of hydrogen-bond donors (Lipinski definition) is 0. The van der Waals surface area contributed by atoms with Gasteiger partial charge in [-0.15, -0.1) is 0 Å². The van der Waals surface area contributed by atoms with Crippen LogP contribution in [0.25, 0.3) is 38.0 Å². The van der Waals surface area contributed by atoms with E-state index in [4.69, 9.17) is 11.0 Å². The van der Waals surface area contributed by atoms with Crippen LogP contribution in [0.4, 0.5) is 5.69 Å². The number of rotatable bonds is 1. The smallest absolute Gasteiger partial charge is 0.229 e. The van der Waals surface area contributed by atoms with Crippen LogP contribution < -0.4 is 4.57 Å². The molecule has 2 aromatic heterocycles. The van der Waals surface area contributed by atoms with Crippen LogP contribution in [0.3, 0.4) is 0 Å². The quantitative estimate of drug-likeness (QED) is 0.360. The zero-order valence-electron chi connectivity index (χ0n) is 13.0. The zero-order valence-corrected chi connectivity index (χ0v) is 13.0. The molecule has 4 rings (SSSR count). The van der Waals surface area contributed by atoms with Crippen LogP contribution in [-0.2, 0) is 7.05 Å². The lowest BCUT2D eigenvalue weighted by atomic mass is 10.0. The number of aromatic nitrogens is 1. The fourth-order valence-corrected chi connectivity index (χ4v) is 3.10. The first-order valence-electron chi connectivity index (χ1n) is 7.47. The number of furan rings is 1. The van der Waals surface area contributed by atoms with E-state index in [1.807, 2.05) is 37.5 Å². The highest BCUT2D eigenvalue weighted by atomic mass is 16.3. The lowest BCUT2D eigenvalue weighted by Crippen LogP contribution is -2.30. The molecular formula is C20H15N2O+. The average Bonchev–Trinajstić information content (AvgIpc) is 2.92. The van der Waals surface area contributed by atoms with E-state index in [0.717, 1.165) is 27.6 Å². The molecule has 0 atom stereocenters. The number of aryl methyl sites for hydroxylation is 2. The van der Waals surface area contributed by atoms with Gasteiger partial charge in [0, 0.05) is 22.9 Å². The Morgan fingerprint density at radius 3 is 2.70 bits per heavy atom. The average molecular weight is 299 g/mol.